The number of carbonyl (C=O) groups is 2. The molecule has 0 saturated heterocycles. The van der Waals surface area contributed by atoms with Gasteiger partial charge in [0.15, 0.2) is 11.6 Å². The third kappa shape index (κ3) is 7.68. The van der Waals surface area contributed by atoms with Crippen LogP contribution in [0.1, 0.15) is 19.4 Å². The van der Waals surface area contributed by atoms with Crippen molar-refractivity contribution < 1.29 is 34.0 Å². The fourth-order valence-electron chi connectivity index (χ4n) is 3.02. The molecule has 0 radical (unpaired) electrons. The number of benzene rings is 2. The standard InChI is InChI=1S/C21H25FN2O2.C2H2O4/c1-21(2,11-15-12-23-19-9-5-3-7-17(15)19)24-13-16(25)14-26-20-10-6-4-8-18(20)22;3-1(4)2(5)6/h3-10,12,16,23-25H,11,13-14H2,1-2H3;(H,3,4)(H,5,6). The van der Waals surface area contributed by atoms with E-state index in [9.17, 15) is 9.50 Å². The molecule has 0 aliphatic rings. The Bertz CT molecular complexity index is 1040. The van der Waals surface area contributed by atoms with Crippen LogP contribution in [0.2, 0.25) is 0 Å². The van der Waals surface area contributed by atoms with Gasteiger partial charge in [-0.25, -0.2) is 14.0 Å². The van der Waals surface area contributed by atoms with Crippen molar-refractivity contribution in [2.45, 2.75) is 31.9 Å². The number of hydrogen-bond acceptors (Lipinski definition) is 5. The number of aromatic nitrogens is 1. The van der Waals surface area contributed by atoms with E-state index in [4.69, 9.17) is 24.5 Å². The van der Waals surface area contributed by atoms with Crippen molar-refractivity contribution in [2.24, 2.45) is 0 Å². The maximum atomic E-state index is 13.5. The SMILES string of the molecule is CC(C)(Cc1c[nH]c2ccccc12)NCC(O)COc1ccccc1F.O=C(O)C(=O)O. The number of aliphatic carboxylic acids is 2. The van der Waals surface area contributed by atoms with Gasteiger partial charge in [-0.3, -0.25) is 0 Å². The number of aliphatic hydroxyl groups excluding tert-OH is 1. The highest BCUT2D eigenvalue weighted by Gasteiger charge is 2.21. The summed E-state index contributed by atoms with van der Waals surface area (Å²) in [6, 6.07) is 14.4. The van der Waals surface area contributed by atoms with Crippen LogP contribution < -0.4 is 10.1 Å². The summed E-state index contributed by atoms with van der Waals surface area (Å²) in [5.41, 5.74) is 2.15. The molecule has 0 spiro atoms. The zero-order valence-electron chi connectivity index (χ0n) is 17.8. The minimum absolute atomic E-state index is 0.0388. The van der Waals surface area contributed by atoms with E-state index in [1.54, 1.807) is 18.2 Å². The second-order valence-corrected chi connectivity index (χ2v) is 7.81. The predicted octanol–water partition coefficient (Wildman–Crippen LogP) is 2.81. The van der Waals surface area contributed by atoms with Crippen molar-refractivity contribution in [3.63, 3.8) is 0 Å². The highest BCUT2D eigenvalue weighted by atomic mass is 19.1. The topological polar surface area (TPSA) is 132 Å². The van der Waals surface area contributed by atoms with Crippen LogP contribution in [0.4, 0.5) is 4.39 Å². The minimum atomic E-state index is -1.82. The number of halogens is 1. The maximum absolute atomic E-state index is 13.5. The predicted molar refractivity (Wildman–Crippen MR) is 117 cm³/mol. The van der Waals surface area contributed by atoms with Gasteiger partial charge in [-0.1, -0.05) is 30.3 Å². The fraction of sp³-hybridized carbons (Fsp3) is 0.304. The third-order valence-corrected chi connectivity index (χ3v) is 4.57. The lowest BCUT2D eigenvalue weighted by Crippen LogP contribution is -2.46. The highest BCUT2D eigenvalue weighted by Crippen LogP contribution is 2.22. The van der Waals surface area contributed by atoms with Crippen LogP contribution in [0.5, 0.6) is 5.75 Å². The zero-order valence-corrected chi connectivity index (χ0v) is 17.8. The fourth-order valence-corrected chi connectivity index (χ4v) is 3.02. The number of hydrogen-bond donors (Lipinski definition) is 5. The van der Waals surface area contributed by atoms with E-state index in [1.807, 2.05) is 18.3 Å². The summed E-state index contributed by atoms with van der Waals surface area (Å²) >= 11 is 0. The first-order valence-corrected chi connectivity index (χ1v) is 9.90. The van der Waals surface area contributed by atoms with Crippen LogP contribution in [-0.4, -0.2) is 57.0 Å². The summed E-state index contributed by atoms with van der Waals surface area (Å²) in [6.07, 6.45) is 2.13. The molecule has 5 N–H and O–H groups in total. The molecular formula is C23H27FN2O6. The number of para-hydroxylation sites is 2. The number of aromatic amines is 1. The molecule has 0 saturated carbocycles. The molecule has 0 bridgehead atoms. The average Bonchev–Trinajstić information content (AvgIpc) is 3.14. The Morgan fingerprint density at radius 3 is 2.38 bits per heavy atom. The van der Waals surface area contributed by atoms with Crippen molar-refractivity contribution in [2.75, 3.05) is 13.2 Å². The molecule has 1 aromatic heterocycles. The van der Waals surface area contributed by atoms with Gasteiger partial charge in [-0.15, -0.1) is 0 Å². The first kappa shape index (κ1) is 24.8. The molecule has 2 aromatic carbocycles. The van der Waals surface area contributed by atoms with E-state index < -0.39 is 23.9 Å². The van der Waals surface area contributed by atoms with Crippen LogP contribution in [0.15, 0.2) is 54.7 Å². The zero-order chi connectivity index (χ0) is 23.7. The normalized spacial score (nSPS) is 12.0. The molecule has 172 valence electrons. The number of aliphatic hydroxyl groups is 1. The van der Waals surface area contributed by atoms with Gasteiger partial charge < -0.3 is 30.4 Å². The molecule has 9 heteroatoms. The van der Waals surface area contributed by atoms with E-state index in [0.29, 0.717) is 6.54 Å². The number of β-amino-alcohol motifs (C(OH)–C–C–N with tert-alkyl or cyclic N) is 1. The lowest BCUT2D eigenvalue weighted by atomic mass is 9.94. The molecule has 0 aliphatic heterocycles. The van der Waals surface area contributed by atoms with Gasteiger partial charge in [0.1, 0.15) is 12.7 Å². The number of carboxylic acids is 2. The summed E-state index contributed by atoms with van der Waals surface area (Å²) in [7, 11) is 0. The second kappa shape index (κ2) is 11.3. The number of nitrogens with one attached hydrogen (secondary N) is 2. The number of fused-ring (bicyclic) bond motifs is 1. The quantitative estimate of drug-likeness (QED) is 0.336. The highest BCUT2D eigenvalue weighted by molar-refractivity contribution is 6.27. The van der Waals surface area contributed by atoms with E-state index in [0.717, 1.165) is 11.9 Å². The van der Waals surface area contributed by atoms with E-state index in [2.05, 4.69) is 36.3 Å². The largest absolute Gasteiger partial charge is 0.488 e. The summed E-state index contributed by atoms with van der Waals surface area (Å²) in [4.78, 5) is 21.5. The Morgan fingerprint density at radius 2 is 1.72 bits per heavy atom. The van der Waals surface area contributed by atoms with Crippen molar-refractivity contribution in [3.05, 3.63) is 66.1 Å². The molecule has 1 heterocycles. The van der Waals surface area contributed by atoms with Gasteiger partial charge in [0.2, 0.25) is 0 Å². The smallest absolute Gasteiger partial charge is 0.414 e. The lowest BCUT2D eigenvalue weighted by molar-refractivity contribution is -0.159. The van der Waals surface area contributed by atoms with Crippen molar-refractivity contribution in [1.82, 2.24) is 10.3 Å². The van der Waals surface area contributed by atoms with Crippen LogP contribution in [-0.2, 0) is 16.0 Å². The average molecular weight is 446 g/mol. The lowest BCUT2D eigenvalue weighted by Gasteiger charge is -2.28. The van der Waals surface area contributed by atoms with Crippen molar-refractivity contribution in [3.8, 4) is 5.75 Å². The van der Waals surface area contributed by atoms with Crippen molar-refractivity contribution >= 4 is 22.8 Å². The Kier molecular flexibility index (Phi) is 8.74. The molecule has 3 rings (SSSR count). The van der Waals surface area contributed by atoms with Gasteiger partial charge in [-0.2, -0.15) is 0 Å². The molecule has 1 unspecified atom stereocenters. The molecule has 8 nitrogen and oxygen atoms in total. The van der Waals surface area contributed by atoms with Gasteiger partial charge in [0, 0.05) is 29.2 Å². The Balaban J connectivity index is 0.000000534. The van der Waals surface area contributed by atoms with Crippen LogP contribution >= 0.6 is 0 Å². The molecule has 32 heavy (non-hydrogen) atoms. The molecule has 3 aromatic rings. The molecule has 0 fully saturated rings. The van der Waals surface area contributed by atoms with Crippen LogP contribution in [0.3, 0.4) is 0 Å². The first-order chi connectivity index (χ1) is 15.1. The van der Waals surface area contributed by atoms with Gasteiger partial charge >= 0.3 is 11.9 Å². The number of rotatable bonds is 8. The number of carboxylic acid groups (broad SMARTS) is 2. The number of H-pyrrole nitrogens is 1. The second-order valence-electron chi connectivity index (χ2n) is 7.81. The third-order valence-electron chi connectivity index (χ3n) is 4.57. The summed E-state index contributed by atoms with van der Waals surface area (Å²) in [5, 5.41) is 29.5. The van der Waals surface area contributed by atoms with Crippen LogP contribution in [0.25, 0.3) is 10.9 Å². The summed E-state index contributed by atoms with van der Waals surface area (Å²) in [5.74, 6) is -3.91. The van der Waals surface area contributed by atoms with E-state index >= 15 is 0 Å². The molecular weight excluding hydrogens is 419 g/mol. The Hall–Kier alpha value is -3.43. The Labute approximate surface area is 184 Å². The minimum Gasteiger partial charge on any atom is -0.488 e. The maximum Gasteiger partial charge on any atom is 0.414 e. The van der Waals surface area contributed by atoms with E-state index in [1.165, 1.54) is 17.0 Å². The summed E-state index contributed by atoms with van der Waals surface area (Å²) < 4.78 is 18.9. The molecule has 0 amide bonds. The summed E-state index contributed by atoms with van der Waals surface area (Å²) in [6.45, 7) is 4.60. The molecule has 1 atom stereocenters. The monoisotopic (exact) mass is 446 g/mol. The van der Waals surface area contributed by atoms with E-state index in [-0.39, 0.29) is 17.9 Å². The Morgan fingerprint density at radius 1 is 1.09 bits per heavy atom. The molecule has 0 aliphatic carbocycles. The van der Waals surface area contributed by atoms with Crippen LogP contribution in [0, 0.1) is 5.82 Å². The van der Waals surface area contributed by atoms with Gasteiger partial charge in [0.25, 0.3) is 0 Å². The van der Waals surface area contributed by atoms with Gasteiger partial charge in [0.05, 0.1) is 0 Å². The first-order valence-electron chi connectivity index (χ1n) is 9.90. The van der Waals surface area contributed by atoms with Gasteiger partial charge in [-0.05, 0) is 44.0 Å². The van der Waals surface area contributed by atoms with Crippen molar-refractivity contribution in [1.29, 1.82) is 0 Å². The number of ether oxygens (including phenoxy) is 1.